The van der Waals surface area contributed by atoms with Crippen molar-refractivity contribution in [2.45, 2.75) is 20.5 Å². The quantitative estimate of drug-likeness (QED) is 0.302. The molecule has 0 aliphatic carbocycles. The van der Waals surface area contributed by atoms with Crippen LogP contribution in [-0.2, 0) is 16.1 Å². The highest BCUT2D eigenvalue weighted by Crippen LogP contribution is 2.28. The molecule has 0 N–H and O–H groups in total. The first-order valence-electron chi connectivity index (χ1n) is 11.2. The Morgan fingerprint density at radius 1 is 0.861 bits per heavy atom. The summed E-state index contributed by atoms with van der Waals surface area (Å²) in [6, 6.07) is 18.1. The van der Waals surface area contributed by atoms with Crippen molar-refractivity contribution in [3.05, 3.63) is 99.4 Å². The maximum Gasteiger partial charge on any atom is 0.338 e. The smallest absolute Gasteiger partial charge is 0.338 e. The van der Waals surface area contributed by atoms with E-state index in [4.69, 9.17) is 23.4 Å². The largest absolute Gasteiger partial charge is 0.489 e. The third-order valence-electron chi connectivity index (χ3n) is 5.35. The summed E-state index contributed by atoms with van der Waals surface area (Å²) in [5.41, 5.74) is 1.74. The lowest BCUT2D eigenvalue weighted by Gasteiger charge is -2.11. The zero-order valence-electron chi connectivity index (χ0n) is 20.0. The van der Waals surface area contributed by atoms with Gasteiger partial charge in [-0.15, -0.1) is 0 Å². The van der Waals surface area contributed by atoms with Gasteiger partial charge in [-0.3, -0.25) is 4.79 Å². The molecule has 0 fully saturated rings. The van der Waals surface area contributed by atoms with Crippen LogP contribution < -0.4 is 14.9 Å². The van der Waals surface area contributed by atoms with Gasteiger partial charge in [0, 0.05) is 6.07 Å². The molecular weight excluding hydrogens is 464 g/mol. The molecule has 184 valence electrons. The number of fused-ring (bicyclic) bond motifs is 1. The van der Waals surface area contributed by atoms with Crippen LogP contribution in [0.4, 0.5) is 0 Å². The van der Waals surface area contributed by atoms with Gasteiger partial charge < -0.3 is 23.4 Å². The molecule has 1 aromatic heterocycles. The molecular formula is C28H24O8. The molecule has 0 saturated heterocycles. The number of carbonyl (C=O) groups is 2. The molecule has 4 rings (SSSR count). The lowest BCUT2D eigenvalue weighted by molar-refractivity contribution is 0.0525. The molecule has 0 atom stereocenters. The maximum absolute atomic E-state index is 13.1. The molecule has 0 aliphatic rings. The Labute approximate surface area is 207 Å². The van der Waals surface area contributed by atoms with Gasteiger partial charge in [0.2, 0.25) is 11.2 Å². The number of methoxy groups -OCH3 is 1. The zero-order chi connectivity index (χ0) is 25.7. The highest BCUT2D eigenvalue weighted by molar-refractivity contribution is 5.90. The molecule has 0 bridgehead atoms. The average molecular weight is 488 g/mol. The minimum absolute atomic E-state index is 0.0609. The van der Waals surface area contributed by atoms with Gasteiger partial charge in [-0.2, -0.15) is 0 Å². The Bertz CT molecular complexity index is 1450. The number of hydrogen-bond donors (Lipinski definition) is 0. The van der Waals surface area contributed by atoms with E-state index >= 15 is 0 Å². The molecule has 0 amide bonds. The van der Waals surface area contributed by atoms with Crippen LogP contribution in [0.1, 0.15) is 39.0 Å². The molecule has 0 radical (unpaired) electrons. The van der Waals surface area contributed by atoms with E-state index in [0.29, 0.717) is 39.4 Å². The Morgan fingerprint density at radius 3 is 2.17 bits per heavy atom. The van der Waals surface area contributed by atoms with Crippen molar-refractivity contribution in [1.29, 1.82) is 0 Å². The number of carbonyl (C=O) groups excluding carboxylic acids is 2. The van der Waals surface area contributed by atoms with E-state index in [1.807, 2.05) is 0 Å². The van der Waals surface area contributed by atoms with Crippen molar-refractivity contribution in [3.8, 4) is 17.2 Å². The molecule has 3 aromatic carbocycles. The second-order valence-corrected chi connectivity index (χ2v) is 7.80. The van der Waals surface area contributed by atoms with E-state index in [0.717, 1.165) is 5.56 Å². The number of hydrogen-bond acceptors (Lipinski definition) is 8. The fourth-order valence-corrected chi connectivity index (χ4v) is 3.49. The van der Waals surface area contributed by atoms with Crippen molar-refractivity contribution in [2.24, 2.45) is 0 Å². The molecule has 8 heteroatoms. The lowest BCUT2D eigenvalue weighted by atomic mass is 10.1. The van der Waals surface area contributed by atoms with Crippen LogP contribution in [0.5, 0.6) is 17.2 Å². The third-order valence-corrected chi connectivity index (χ3v) is 5.35. The maximum atomic E-state index is 13.1. The van der Waals surface area contributed by atoms with E-state index in [2.05, 4.69) is 0 Å². The van der Waals surface area contributed by atoms with E-state index in [1.165, 1.54) is 7.11 Å². The second kappa shape index (κ2) is 10.8. The normalized spacial score (nSPS) is 10.6. The van der Waals surface area contributed by atoms with Crippen molar-refractivity contribution in [2.75, 3.05) is 13.7 Å². The van der Waals surface area contributed by atoms with E-state index in [1.54, 1.807) is 80.6 Å². The molecule has 4 aromatic rings. The van der Waals surface area contributed by atoms with Crippen LogP contribution in [-0.4, -0.2) is 25.7 Å². The summed E-state index contributed by atoms with van der Waals surface area (Å²) in [6.07, 6.45) is 0. The van der Waals surface area contributed by atoms with Crippen molar-refractivity contribution in [3.63, 3.8) is 0 Å². The van der Waals surface area contributed by atoms with Crippen molar-refractivity contribution >= 4 is 22.9 Å². The van der Waals surface area contributed by atoms with E-state index in [-0.39, 0.29) is 24.4 Å². The highest BCUT2D eigenvalue weighted by Gasteiger charge is 2.15. The predicted octanol–water partition coefficient (Wildman–Crippen LogP) is 5.44. The topological polar surface area (TPSA) is 101 Å². The fraction of sp³-hybridized carbons (Fsp3) is 0.179. The molecule has 0 saturated carbocycles. The Morgan fingerprint density at radius 2 is 1.50 bits per heavy atom. The third kappa shape index (κ3) is 5.38. The molecule has 8 nitrogen and oxygen atoms in total. The highest BCUT2D eigenvalue weighted by atomic mass is 16.5. The molecule has 1 heterocycles. The summed E-state index contributed by atoms with van der Waals surface area (Å²) in [4.78, 5) is 36.5. The first kappa shape index (κ1) is 24.5. The van der Waals surface area contributed by atoms with Gasteiger partial charge in [0.25, 0.3) is 0 Å². The van der Waals surface area contributed by atoms with Crippen LogP contribution >= 0.6 is 0 Å². The van der Waals surface area contributed by atoms with Crippen LogP contribution in [0.15, 0.2) is 75.9 Å². The van der Waals surface area contributed by atoms with E-state index < -0.39 is 11.9 Å². The summed E-state index contributed by atoms with van der Waals surface area (Å²) in [5, 5.41) is 0.341. The van der Waals surface area contributed by atoms with Gasteiger partial charge in [0.1, 0.15) is 29.4 Å². The standard InChI is InChI=1S/C28H24O8/c1-4-33-28(31)20-9-11-21(12-10-20)36-26-17(2)35-24-15-22(13-14-23(24)25(26)29)34-16-18-5-7-19(8-6-18)27(30)32-3/h5-15H,4,16H2,1-3H3. The van der Waals surface area contributed by atoms with Crippen molar-refractivity contribution in [1.82, 2.24) is 0 Å². The number of benzene rings is 3. The van der Waals surface area contributed by atoms with Crippen LogP contribution in [0.3, 0.4) is 0 Å². The number of esters is 2. The predicted molar refractivity (Wildman–Crippen MR) is 132 cm³/mol. The molecule has 0 spiro atoms. The van der Waals surface area contributed by atoms with Gasteiger partial charge in [-0.25, -0.2) is 9.59 Å². The average Bonchev–Trinajstić information content (AvgIpc) is 2.90. The number of rotatable bonds is 8. The van der Waals surface area contributed by atoms with Gasteiger partial charge >= 0.3 is 11.9 Å². The van der Waals surface area contributed by atoms with Crippen LogP contribution in [0.2, 0.25) is 0 Å². The minimum Gasteiger partial charge on any atom is -0.489 e. The van der Waals surface area contributed by atoms with Crippen LogP contribution in [0, 0.1) is 6.92 Å². The van der Waals surface area contributed by atoms with Crippen molar-refractivity contribution < 1.29 is 33.0 Å². The monoisotopic (exact) mass is 488 g/mol. The zero-order valence-corrected chi connectivity index (χ0v) is 20.0. The van der Waals surface area contributed by atoms with E-state index in [9.17, 15) is 14.4 Å². The van der Waals surface area contributed by atoms with Gasteiger partial charge in [-0.1, -0.05) is 12.1 Å². The summed E-state index contributed by atoms with van der Waals surface area (Å²) < 4.78 is 27.1. The first-order chi connectivity index (χ1) is 17.4. The number of aryl methyl sites for hydroxylation is 1. The number of ether oxygens (including phenoxy) is 4. The SMILES string of the molecule is CCOC(=O)c1ccc(Oc2c(C)oc3cc(OCc4ccc(C(=O)OC)cc4)ccc3c2=O)cc1. The van der Waals surface area contributed by atoms with Crippen LogP contribution in [0.25, 0.3) is 11.0 Å². The minimum atomic E-state index is -0.429. The summed E-state index contributed by atoms with van der Waals surface area (Å²) in [5.74, 6) is 0.436. The fourth-order valence-electron chi connectivity index (χ4n) is 3.49. The summed E-state index contributed by atoms with van der Waals surface area (Å²) in [7, 11) is 1.33. The molecule has 0 aliphatic heterocycles. The molecule has 36 heavy (non-hydrogen) atoms. The summed E-state index contributed by atoms with van der Waals surface area (Å²) >= 11 is 0. The van der Waals surface area contributed by atoms with Gasteiger partial charge in [0.05, 0.1) is 30.2 Å². The first-order valence-corrected chi connectivity index (χ1v) is 11.2. The summed E-state index contributed by atoms with van der Waals surface area (Å²) in [6.45, 7) is 3.92. The molecule has 0 unspecified atom stereocenters. The van der Waals surface area contributed by atoms with Gasteiger partial charge in [-0.05, 0) is 67.9 Å². The Balaban J connectivity index is 1.50. The Kier molecular flexibility index (Phi) is 7.34. The lowest BCUT2D eigenvalue weighted by Crippen LogP contribution is -2.08. The van der Waals surface area contributed by atoms with Gasteiger partial charge in [0.15, 0.2) is 0 Å². The Hall–Kier alpha value is -4.59. The second-order valence-electron chi connectivity index (χ2n) is 7.80.